The summed E-state index contributed by atoms with van der Waals surface area (Å²) in [6, 6.07) is 9.68. The molecule has 0 radical (unpaired) electrons. The Bertz CT molecular complexity index is 738. The molecule has 0 fully saturated rings. The number of carboxylic acid groups (broad SMARTS) is 1. The molecular weight excluding hydrogens is 662 g/mol. The van der Waals surface area contributed by atoms with E-state index in [0.717, 1.165) is 12.7 Å². The van der Waals surface area contributed by atoms with Gasteiger partial charge in [-0.05, 0) is 91.5 Å². The second kappa shape index (κ2) is 9.55. The zero-order valence-electron chi connectivity index (χ0n) is 12.6. The van der Waals surface area contributed by atoms with Crippen molar-refractivity contribution in [2.75, 3.05) is 0 Å². The molecule has 0 heterocycles. The molecule has 9 heteroatoms. The Morgan fingerprint density at radius 1 is 1.17 bits per heavy atom. The van der Waals surface area contributed by atoms with Gasteiger partial charge in [0.25, 0.3) is 0 Å². The molecule has 1 atom stereocenters. The summed E-state index contributed by atoms with van der Waals surface area (Å²) in [5, 5.41) is 20.3. The van der Waals surface area contributed by atoms with Crippen LogP contribution in [-0.4, -0.2) is 14.6 Å². The molecule has 122 valence electrons. The van der Waals surface area contributed by atoms with E-state index in [9.17, 15) is 9.90 Å². The van der Waals surface area contributed by atoms with Gasteiger partial charge in [0.15, 0.2) is 3.55 Å². The number of nitrogens with two attached hydrogens (primary N) is 1. The molecular formula is C15H11I3NNaO4. The monoisotopic (exact) mass is 673 g/mol. The van der Waals surface area contributed by atoms with Crippen LogP contribution in [-0.2, 0) is 11.2 Å². The molecule has 0 saturated heterocycles. The van der Waals surface area contributed by atoms with E-state index in [1.54, 1.807) is 40.8 Å². The number of halogens is 3. The maximum Gasteiger partial charge on any atom is 1.00 e. The standard InChI is InChI=1S/C15H12I3NO4.Na/c16-12-8(7-15(18,19)14(21)22)1-6-11(13(12)17)23-10-4-2-9(20)3-5-10;/h1-6,20H,7,19H2,(H,21,22);/q;+1/p-1/t15-;/m0./s1. The van der Waals surface area contributed by atoms with E-state index in [-0.39, 0.29) is 41.7 Å². The minimum atomic E-state index is -1.35. The number of hydrogen-bond donors (Lipinski definition) is 2. The number of benzene rings is 2. The fraction of sp³-hybridized carbons (Fsp3) is 0.133. The Balaban J connectivity index is 0.00000288. The number of alkyl halides is 1. The van der Waals surface area contributed by atoms with Crippen LogP contribution in [0.2, 0.25) is 0 Å². The van der Waals surface area contributed by atoms with Gasteiger partial charge in [0, 0.05) is 9.99 Å². The first-order chi connectivity index (χ1) is 10.7. The second-order valence-corrected chi connectivity index (χ2v) is 8.85. The number of carboxylic acids is 1. The molecule has 24 heavy (non-hydrogen) atoms. The summed E-state index contributed by atoms with van der Waals surface area (Å²) < 4.78 is 6.19. The number of ether oxygens (including phenoxy) is 1. The van der Waals surface area contributed by atoms with Gasteiger partial charge in [-0.2, -0.15) is 0 Å². The third-order valence-electron chi connectivity index (χ3n) is 2.98. The van der Waals surface area contributed by atoms with E-state index in [0.29, 0.717) is 11.5 Å². The first kappa shape index (κ1) is 22.7. The van der Waals surface area contributed by atoms with Crippen molar-refractivity contribution in [1.82, 2.24) is 0 Å². The van der Waals surface area contributed by atoms with Crippen LogP contribution in [0.3, 0.4) is 0 Å². The van der Waals surface area contributed by atoms with Crippen LogP contribution in [0.5, 0.6) is 17.2 Å². The number of rotatable bonds is 5. The van der Waals surface area contributed by atoms with Crippen LogP contribution < -0.4 is 45.1 Å². The quantitative estimate of drug-likeness (QED) is 0.209. The predicted octanol–water partition coefficient (Wildman–Crippen LogP) is 0.483. The third kappa shape index (κ3) is 5.84. The van der Waals surface area contributed by atoms with Crippen molar-refractivity contribution in [3.63, 3.8) is 0 Å². The topological polar surface area (TPSA) is 95.6 Å². The van der Waals surface area contributed by atoms with Gasteiger partial charge in [-0.1, -0.05) is 18.2 Å². The van der Waals surface area contributed by atoms with Crippen molar-refractivity contribution >= 4 is 73.7 Å². The first-order valence-electron chi connectivity index (χ1n) is 6.33. The fourth-order valence-corrected chi connectivity index (χ4v) is 3.46. The fourth-order valence-electron chi connectivity index (χ4n) is 1.77. The summed E-state index contributed by atoms with van der Waals surface area (Å²) in [6.07, 6.45) is 0.211. The molecule has 0 aromatic heterocycles. The molecule has 2 rings (SSSR count). The van der Waals surface area contributed by atoms with Gasteiger partial charge in [-0.15, -0.1) is 5.75 Å². The van der Waals surface area contributed by atoms with Crippen LogP contribution in [0.1, 0.15) is 5.56 Å². The van der Waals surface area contributed by atoms with Gasteiger partial charge in [0.2, 0.25) is 0 Å². The summed E-state index contributed by atoms with van der Waals surface area (Å²) in [4.78, 5) is 11.2. The van der Waals surface area contributed by atoms with Crippen molar-refractivity contribution in [3.8, 4) is 17.2 Å². The SMILES string of the molecule is N[C@@](I)(Cc1ccc(Oc2ccc([O-])cc2)c(I)c1I)C(=O)O.[Na+]. The maximum atomic E-state index is 11.2. The third-order valence-corrected chi connectivity index (χ3v) is 7.16. The van der Waals surface area contributed by atoms with E-state index in [1.807, 2.05) is 6.07 Å². The van der Waals surface area contributed by atoms with Gasteiger partial charge in [0.05, 0.1) is 3.57 Å². The van der Waals surface area contributed by atoms with Gasteiger partial charge in [-0.25, -0.2) is 4.79 Å². The maximum absolute atomic E-state index is 11.2. The molecule has 0 aliphatic rings. The minimum absolute atomic E-state index is 0. The molecule has 0 unspecified atom stereocenters. The molecule has 3 N–H and O–H groups in total. The zero-order valence-corrected chi connectivity index (χ0v) is 21.0. The molecule has 0 aliphatic heterocycles. The van der Waals surface area contributed by atoms with E-state index in [4.69, 9.17) is 15.6 Å². The molecule has 2 aromatic carbocycles. The average Bonchev–Trinajstić information content (AvgIpc) is 2.49. The van der Waals surface area contributed by atoms with Gasteiger partial charge >= 0.3 is 35.5 Å². The molecule has 0 amide bonds. The van der Waals surface area contributed by atoms with Crippen LogP contribution in [0.4, 0.5) is 0 Å². The summed E-state index contributed by atoms with van der Waals surface area (Å²) in [7, 11) is 0. The molecule has 0 spiro atoms. The summed E-state index contributed by atoms with van der Waals surface area (Å²) in [5.41, 5.74) is 6.65. The van der Waals surface area contributed by atoms with Crippen molar-refractivity contribution in [2.45, 2.75) is 9.97 Å². The van der Waals surface area contributed by atoms with Gasteiger partial charge in [0.1, 0.15) is 11.5 Å². The van der Waals surface area contributed by atoms with E-state index >= 15 is 0 Å². The van der Waals surface area contributed by atoms with E-state index < -0.39 is 9.51 Å². The summed E-state index contributed by atoms with van der Waals surface area (Å²) in [6.45, 7) is 0. The Morgan fingerprint density at radius 3 is 2.29 bits per heavy atom. The normalized spacial score (nSPS) is 12.8. The summed E-state index contributed by atoms with van der Waals surface area (Å²) in [5.74, 6) is 0.0800. The van der Waals surface area contributed by atoms with E-state index in [2.05, 4.69) is 45.2 Å². The van der Waals surface area contributed by atoms with Crippen LogP contribution >= 0.6 is 67.8 Å². The Kier molecular flexibility index (Phi) is 9.04. The summed E-state index contributed by atoms with van der Waals surface area (Å²) >= 11 is 6.04. The molecule has 0 saturated carbocycles. The number of hydrogen-bond acceptors (Lipinski definition) is 4. The van der Waals surface area contributed by atoms with E-state index in [1.165, 1.54) is 12.1 Å². The molecule has 0 bridgehead atoms. The van der Waals surface area contributed by atoms with Gasteiger partial charge in [-0.3, -0.25) is 0 Å². The first-order valence-corrected chi connectivity index (χ1v) is 9.57. The Hall–Kier alpha value is 0.660. The van der Waals surface area contributed by atoms with Crippen molar-refractivity contribution in [3.05, 3.63) is 49.1 Å². The molecule has 0 aliphatic carbocycles. The predicted molar refractivity (Wildman–Crippen MR) is 110 cm³/mol. The van der Waals surface area contributed by atoms with Crippen LogP contribution in [0.15, 0.2) is 36.4 Å². The van der Waals surface area contributed by atoms with Crippen molar-refractivity contribution < 1.29 is 49.3 Å². The smallest absolute Gasteiger partial charge is 0.872 e. The number of aliphatic carboxylic acids is 1. The minimum Gasteiger partial charge on any atom is -0.872 e. The Labute approximate surface area is 202 Å². The van der Waals surface area contributed by atoms with Crippen LogP contribution in [0, 0.1) is 7.14 Å². The zero-order chi connectivity index (χ0) is 17.2. The Morgan fingerprint density at radius 2 is 1.75 bits per heavy atom. The van der Waals surface area contributed by atoms with Gasteiger partial charge < -0.3 is 20.7 Å². The van der Waals surface area contributed by atoms with Crippen molar-refractivity contribution in [1.29, 1.82) is 0 Å². The molecule has 2 aromatic rings. The van der Waals surface area contributed by atoms with Crippen LogP contribution in [0.25, 0.3) is 0 Å². The number of carbonyl (C=O) groups is 1. The molecule has 5 nitrogen and oxygen atoms in total. The second-order valence-electron chi connectivity index (χ2n) is 4.77. The largest absolute Gasteiger partial charge is 1.00 e. The van der Waals surface area contributed by atoms with Crippen molar-refractivity contribution in [2.24, 2.45) is 5.73 Å². The average molecular weight is 673 g/mol.